The smallest absolute Gasteiger partial charge is 0.339 e. The van der Waals surface area contributed by atoms with Crippen molar-refractivity contribution in [1.29, 1.82) is 0 Å². The van der Waals surface area contributed by atoms with Crippen LogP contribution in [0.2, 0.25) is 0 Å². The lowest BCUT2D eigenvalue weighted by atomic mass is 9.97. The largest absolute Gasteiger partial charge is 0.462 e. The molecule has 0 amide bonds. The van der Waals surface area contributed by atoms with E-state index in [9.17, 15) is 9.59 Å². The molecule has 0 aliphatic rings. The van der Waals surface area contributed by atoms with Crippen molar-refractivity contribution in [3.05, 3.63) is 35.4 Å². The van der Waals surface area contributed by atoms with Crippen LogP contribution in [0.5, 0.6) is 0 Å². The molecule has 1 unspecified atom stereocenters. The summed E-state index contributed by atoms with van der Waals surface area (Å²) in [6, 6.07) is 6.80. The van der Waals surface area contributed by atoms with E-state index < -0.39 is 11.9 Å². The molecule has 0 N–H and O–H groups in total. The van der Waals surface area contributed by atoms with E-state index >= 15 is 0 Å². The van der Waals surface area contributed by atoms with Gasteiger partial charge in [-0.25, -0.2) is 9.59 Å². The lowest BCUT2D eigenvalue weighted by Gasteiger charge is -2.17. The maximum Gasteiger partial charge on any atom is 0.339 e. The van der Waals surface area contributed by atoms with E-state index in [0.717, 1.165) is 32.1 Å². The summed E-state index contributed by atoms with van der Waals surface area (Å²) >= 11 is 0. The van der Waals surface area contributed by atoms with Gasteiger partial charge in [-0.2, -0.15) is 0 Å². The zero-order valence-corrected chi connectivity index (χ0v) is 19.4. The van der Waals surface area contributed by atoms with E-state index in [1.54, 1.807) is 24.3 Å². The molecule has 0 aromatic heterocycles. The van der Waals surface area contributed by atoms with Gasteiger partial charge in [-0.15, -0.1) is 0 Å². The number of unbranched alkanes of at least 4 members (excludes halogenated alkanes) is 7. The Morgan fingerprint density at radius 2 is 1.27 bits per heavy atom. The summed E-state index contributed by atoms with van der Waals surface area (Å²) in [6.07, 6.45) is 13.6. The van der Waals surface area contributed by atoms with Crippen molar-refractivity contribution in [2.45, 2.75) is 97.8 Å². The number of ether oxygens (including phenoxy) is 2. The predicted molar refractivity (Wildman–Crippen MR) is 123 cm³/mol. The highest BCUT2D eigenvalue weighted by molar-refractivity contribution is 6.03. The topological polar surface area (TPSA) is 52.6 Å². The fourth-order valence-electron chi connectivity index (χ4n) is 3.64. The van der Waals surface area contributed by atoms with Gasteiger partial charge in [0.1, 0.15) is 0 Å². The first-order valence-electron chi connectivity index (χ1n) is 12.1. The summed E-state index contributed by atoms with van der Waals surface area (Å²) in [7, 11) is 0. The van der Waals surface area contributed by atoms with E-state index in [-0.39, 0.29) is 0 Å². The molecule has 0 spiro atoms. The first kappa shape index (κ1) is 26.2. The molecule has 0 aliphatic carbocycles. The number of carbonyl (C=O) groups excluding carboxylic acids is 2. The van der Waals surface area contributed by atoms with Gasteiger partial charge in [0.25, 0.3) is 0 Å². The Bertz CT molecular complexity index is 596. The van der Waals surface area contributed by atoms with Crippen LogP contribution in [0.4, 0.5) is 0 Å². The van der Waals surface area contributed by atoms with Gasteiger partial charge in [0, 0.05) is 0 Å². The van der Waals surface area contributed by atoms with Crippen LogP contribution in [-0.2, 0) is 9.47 Å². The van der Waals surface area contributed by atoms with E-state index in [1.165, 1.54) is 44.9 Å². The molecular formula is C26H42O4. The fraction of sp³-hybridized carbons (Fsp3) is 0.692. The zero-order chi connectivity index (χ0) is 22.0. The average Bonchev–Trinajstić information content (AvgIpc) is 2.76. The summed E-state index contributed by atoms with van der Waals surface area (Å²) in [5, 5.41) is 0. The lowest BCUT2D eigenvalue weighted by Crippen LogP contribution is -2.18. The number of esters is 2. The Balaban J connectivity index is 2.53. The van der Waals surface area contributed by atoms with Gasteiger partial charge in [0.2, 0.25) is 0 Å². The van der Waals surface area contributed by atoms with Gasteiger partial charge in [0.15, 0.2) is 0 Å². The molecule has 0 fully saturated rings. The minimum Gasteiger partial charge on any atom is -0.462 e. The third-order valence-electron chi connectivity index (χ3n) is 5.46. The lowest BCUT2D eigenvalue weighted by molar-refractivity contribution is 0.0401. The van der Waals surface area contributed by atoms with Crippen molar-refractivity contribution in [2.24, 2.45) is 5.92 Å². The van der Waals surface area contributed by atoms with E-state index in [4.69, 9.17) is 9.47 Å². The summed E-state index contributed by atoms with van der Waals surface area (Å²) in [4.78, 5) is 25.1. The number of hydrogen-bond donors (Lipinski definition) is 0. The van der Waals surface area contributed by atoms with Gasteiger partial charge < -0.3 is 9.47 Å². The Labute approximate surface area is 183 Å². The Kier molecular flexibility index (Phi) is 14.8. The fourth-order valence-corrected chi connectivity index (χ4v) is 3.64. The quantitative estimate of drug-likeness (QED) is 0.196. The molecule has 170 valence electrons. The number of rotatable bonds is 17. The Morgan fingerprint density at radius 1 is 0.700 bits per heavy atom. The minimum absolute atomic E-state index is 0.298. The van der Waals surface area contributed by atoms with Crippen LogP contribution in [0.3, 0.4) is 0 Å². The molecule has 0 heterocycles. The average molecular weight is 419 g/mol. The molecule has 1 rings (SSSR count). The molecule has 0 bridgehead atoms. The van der Waals surface area contributed by atoms with Gasteiger partial charge in [-0.1, -0.05) is 90.7 Å². The van der Waals surface area contributed by atoms with Crippen molar-refractivity contribution in [3.8, 4) is 0 Å². The molecule has 0 aliphatic heterocycles. The minimum atomic E-state index is -0.441. The summed E-state index contributed by atoms with van der Waals surface area (Å²) in [5.41, 5.74) is 0.598. The highest BCUT2D eigenvalue weighted by Crippen LogP contribution is 2.18. The van der Waals surface area contributed by atoms with Crippen molar-refractivity contribution < 1.29 is 19.1 Å². The predicted octanol–water partition coefficient (Wildman–Crippen LogP) is 7.36. The van der Waals surface area contributed by atoms with Crippen LogP contribution < -0.4 is 0 Å². The van der Waals surface area contributed by atoms with Crippen molar-refractivity contribution in [3.63, 3.8) is 0 Å². The first-order valence-corrected chi connectivity index (χ1v) is 12.1. The first-order chi connectivity index (χ1) is 14.6. The van der Waals surface area contributed by atoms with Gasteiger partial charge in [-0.3, -0.25) is 0 Å². The second kappa shape index (κ2) is 16.9. The highest BCUT2D eigenvalue weighted by Gasteiger charge is 2.20. The van der Waals surface area contributed by atoms with Crippen LogP contribution in [0.15, 0.2) is 24.3 Å². The molecule has 4 nitrogen and oxygen atoms in total. The van der Waals surface area contributed by atoms with Crippen LogP contribution in [0.25, 0.3) is 0 Å². The Morgan fingerprint density at radius 3 is 1.90 bits per heavy atom. The SMILES string of the molecule is CCCCCCCCOC(=O)c1ccccc1C(=O)OCC(CCC)CCCCC. The normalized spacial score (nSPS) is 11.8. The number of hydrogen-bond acceptors (Lipinski definition) is 4. The van der Waals surface area contributed by atoms with Crippen LogP contribution >= 0.6 is 0 Å². The van der Waals surface area contributed by atoms with Crippen molar-refractivity contribution in [2.75, 3.05) is 13.2 Å². The Hall–Kier alpha value is -1.84. The highest BCUT2D eigenvalue weighted by atomic mass is 16.5. The molecule has 4 heteroatoms. The molecule has 0 saturated heterocycles. The second-order valence-corrected chi connectivity index (χ2v) is 8.20. The molecule has 0 radical (unpaired) electrons. The summed E-state index contributed by atoms with van der Waals surface area (Å²) in [6.45, 7) is 7.35. The molecule has 1 aromatic carbocycles. The van der Waals surface area contributed by atoms with E-state index in [1.807, 2.05) is 0 Å². The van der Waals surface area contributed by atoms with E-state index in [0.29, 0.717) is 30.3 Å². The zero-order valence-electron chi connectivity index (χ0n) is 19.4. The van der Waals surface area contributed by atoms with Crippen molar-refractivity contribution >= 4 is 11.9 Å². The van der Waals surface area contributed by atoms with Crippen molar-refractivity contribution in [1.82, 2.24) is 0 Å². The van der Waals surface area contributed by atoms with Crippen LogP contribution in [0, 0.1) is 5.92 Å². The third-order valence-corrected chi connectivity index (χ3v) is 5.46. The van der Waals surface area contributed by atoms with Gasteiger partial charge >= 0.3 is 11.9 Å². The molecule has 30 heavy (non-hydrogen) atoms. The van der Waals surface area contributed by atoms with Gasteiger partial charge in [-0.05, 0) is 37.3 Å². The standard InChI is InChI=1S/C26H42O4/c1-4-7-9-10-11-15-20-29-25(27)23-18-13-14-19-24(23)26(28)30-21-22(16-6-3)17-12-8-5-2/h13-14,18-19,22H,4-12,15-17,20-21H2,1-3H3. The maximum atomic E-state index is 12.7. The summed E-state index contributed by atoms with van der Waals surface area (Å²) < 4.78 is 11.0. The molecule has 0 saturated carbocycles. The van der Waals surface area contributed by atoms with E-state index in [2.05, 4.69) is 20.8 Å². The maximum absolute atomic E-state index is 12.7. The third kappa shape index (κ3) is 10.8. The number of benzene rings is 1. The van der Waals surface area contributed by atoms with Gasteiger partial charge in [0.05, 0.1) is 24.3 Å². The molecular weight excluding hydrogens is 376 g/mol. The summed E-state index contributed by atoms with van der Waals surface area (Å²) in [5.74, 6) is -0.486. The number of carbonyl (C=O) groups is 2. The van der Waals surface area contributed by atoms with Crippen LogP contribution in [-0.4, -0.2) is 25.2 Å². The monoisotopic (exact) mass is 418 g/mol. The second-order valence-electron chi connectivity index (χ2n) is 8.20. The molecule has 1 atom stereocenters. The molecule has 1 aromatic rings. The van der Waals surface area contributed by atoms with Crippen LogP contribution in [0.1, 0.15) is 119 Å².